The van der Waals surface area contributed by atoms with Gasteiger partial charge < -0.3 is 5.21 Å². The van der Waals surface area contributed by atoms with Crippen molar-refractivity contribution in [3.8, 4) is 0 Å². The van der Waals surface area contributed by atoms with Gasteiger partial charge >= 0.3 is 0 Å². The smallest absolute Gasteiger partial charge is 0.202 e. The van der Waals surface area contributed by atoms with Crippen LogP contribution in [0.25, 0.3) is 11.0 Å². The Bertz CT molecular complexity index is 507. The Labute approximate surface area is 114 Å². The standard InChI is InChI=1S/C15H23N3O/c1-2-3-4-5-6-7-10-13-17-14-11-8-9-12-15(14)18(19)16-17/h8-9,11-12H,2-7,10,13H2,1H3. The quantitative estimate of drug-likeness (QED) is 0.415. The number of rotatable bonds is 8. The highest BCUT2D eigenvalue weighted by molar-refractivity contribution is 5.70. The molecule has 0 aliphatic carbocycles. The maximum absolute atomic E-state index is 11.6. The van der Waals surface area contributed by atoms with E-state index in [1.807, 2.05) is 28.9 Å². The highest BCUT2D eigenvalue weighted by Gasteiger charge is 2.12. The van der Waals surface area contributed by atoms with Gasteiger partial charge in [-0.05, 0) is 25.0 Å². The third kappa shape index (κ3) is 3.69. The van der Waals surface area contributed by atoms with Crippen molar-refractivity contribution in [3.63, 3.8) is 0 Å². The van der Waals surface area contributed by atoms with Crippen LogP contribution in [0.3, 0.4) is 0 Å². The topological polar surface area (TPSA) is 44.8 Å². The summed E-state index contributed by atoms with van der Waals surface area (Å²) in [6.07, 6.45) is 8.92. The van der Waals surface area contributed by atoms with E-state index >= 15 is 0 Å². The second kappa shape index (κ2) is 7.12. The van der Waals surface area contributed by atoms with Gasteiger partial charge in [0, 0.05) is 0 Å². The lowest BCUT2D eigenvalue weighted by Gasteiger charge is -1.99. The number of aryl methyl sites for hydroxylation is 1. The molecule has 0 aliphatic heterocycles. The van der Waals surface area contributed by atoms with Gasteiger partial charge in [0.2, 0.25) is 5.52 Å². The van der Waals surface area contributed by atoms with E-state index in [9.17, 15) is 5.21 Å². The molecule has 0 unspecified atom stereocenters. The first-order chi connectivity index (χ1) is 9.33. The van der Waals surface area contributed by atoms with E-state index in [-0.39, 0.29) is 0 Å². The first-order valence-corrected chi connectivity index (χ1v) is 7.38. The zero-order valence-electron chi connectivity index (χ0n) is 11.7. The fraction of sp³-hybridized carbons (Fsp3) is 0.600. The lowest BCUT2D eigenvalue weighted by Crippen LogP contribution is -2.29. The van der Waals surface area contributed by atoms with Crippen LogP contribution in [0.5, 0.6) is 0 Å². The maximum Gasteiger partial charge on any atom is 0.202 e. The van der Waals surface area contributed by atoms with Crippen LogP contribution in [0, 0.1) is 5.21 Å². The van der Waals surface area contributed by atoms with Crippen LogP contribution in [-0.4, -0.2) is 9.90 Å². The van der Waals surface area contributed by atoms with Gasteiger partial charge in [0.15, 0.2) is 5.52 Å². The first kappa shape index (κ1) is 13.8. The number of nitrogens with zero attached hydrogens (tertiary/aromatic N) is 3. The Hall–Kier alpha value is -1.58. The number of unbranched alkanes of at least 4 members (excludes halogenated alkanes) is 6. The summed E-state index contributed by atoms with van der Waals surface area (Å²) in [7, 11) is 0. The Kier molecular flexibility index (Phi) is 5.19. The largest absolute Gasteiger partial charge is 0.691 e. The van der Waals surface area contributed by atoms with Gasteiger partial charge in [0.1, 0.15) is 6.54 Å². The number of para-hydroxylation sites is 2. The number of fused-ring (bicyclic) bond motifs is 1. The van der Waals surface area contributed by atoms with Crippen molar-refractivity contribution >= 4 is 11.0 Å². The summed E-state index contributed by atoms with van der Waals surface area (Å²) in [5.41, 5.74) is 1.59. The van der Waals surface area contributed by atoms with Gasteiger partial charge in [-0.15, -0.1) is 9.53 Å². The molecule has 0 saturated heterocycles. The van der Waals surface area contributed by atoms with Crippen LogP contribution >= 0.6 is 0 Å². The average molecular weight is 261 g/mol. The predicted octanol–water partition coefficient (Wildman–Crippen LogP) is 3.42. The van der Waals surface area contributed by atoms with E-state index in [1.54, 1.807) is 0 Å². The maximum atomic E-state index is 11.6. The first-order valence-electron chi connectivity index (χ1n) is 7.38. The van der Waals surface area contributed by atoms with Crippen LogP contribution in [-0.2, 0) is 6.54 Å². The second-order valence-corrected chi connectivity index (χ2v) is 5.10. The molecule has 19 heavy (non-hydrogen) atoms. The van der Waals surface area contributed by atoms with Gasteiger partial charge in [0.05, 0.1) is 5.21 Å². The molecule has 1 heterocycles. The predicted molar refractivity (Wildman–Crippen MR) is 76.7 cm³/mol. The number of benzene rings is 1. The van der Waals surface area contributed by atoms with Crippen LogP contribution in [0.4, 0.5) is 0 Å². The lowest BCUT2D eigenvalue weighted by atomic mass is 10.1. The zero-order valence-corrected chi connectivity index (χ0v) is 11.7. The van der Waals surface area contributed by atoms with E-state index in [4.69, 9.17) is 0 Å². The number of hydrogen-bond donors (Lipinski definition) is 0. The second-order valence-electron chi connectivity index (χ2n) is 5.10. The summed E-state index contributed by atoms with van der Waals surface area (Å²) in [5, 5.41) is 15.6. The third-order valence-electron chi connectivity index (χ3n) is 3.53. The van der Waals surface area contributed by atoms with Crippen molar-refractivity contribution in [1.82, 2.24) is 9.90 Å². The molecule has 2 rings (SSSR count). The van der Waals surface area contributed by atoms with E-state index in [2.05, 4.69) is 12.1 Å². The van der Waals surface area contributed by atoms with Crippen molar-refractivity contribution in [2.24, 2.45) is 0 Å². The molecule has 0 aliphatic rings. The molecular weight excluding hydrogens is 238 g/mol. The van der Waals surface area contributed by atoms with Crippen molar-refractivity contribution in [2.75, 3.05) is 0 Å². The Balaban J connectivity index is 1.79. The number of hydrogen-bond acceptors (Lipinski definition) is 2. The molecule has 2 aromatic rings. The molecule has 0 saturated carbocycles. The van der Waals surface area contributed by atoms with Crippen molar-refractivity contribution in [1.29, 1.82) is 0 Å². The molecule has 0 spiro atoms. The fourth-order valence-corrected chi connectivity index (χ4v) is 2.42. The normalized spacial score (nSPS) is 11.2. The highest BCUT2D eigenvalue weighted by Crippen LogP contribution is 2.11. The molecule has 4 heteroatoms. The van der Waals surface area contributed by atoms with Crippen LogP contribution in [0.15, 0.2) is 24.3 Å². The third-order valence-corrected chi connectivity index (χ3v) is 3.53. The minimum Gasteiger partial charge on any atom is -0.691 e. The van der Waals surface area contributed by atoms with Gasteiger partial charge in [0.25, 0.3) is 0 Å². The van der Waals surface area contributed by atoms with Gasteiger partial charge in [-0.3, -0.25) is 0 Å². The SMILES string of the molecule is CCCCCCCCCn1n[n+]([O-])c2ccccc21. The monoisotopic (exact) mass is 261 g/mol. The van der Waals surface area contributed by atoms with Crippen molar-refractivity contribution in [3.05, 3.63) is 29.5 Å². The van der Waals surface area contributed by atoms with Gasteiger partial charge in [-0.2, -0.15) is 0 Å². The average Bonchev–Trinajstić information content (AvgIpc) is 2.75. The Morgan fingerprint density at radius 3 is 2.53 bits per heavy atom. The summed E-state index contributed by atoms with van der Waals surface area (Å²) >= 11 is 0. The molecule has 0 radical (unpaired) electrons. The summed E-state index contributed by atoms with van der Waals surface area (Å²) in [5.74, 6) is 0. The lowest BCUT2D eigenvalue weighted by molar-refractivity contribution is -0.646. The molecule has 0 fully saturated rings. The molecule has 104 valence electrons. The molecule has 0 bridgehead atoms. The molecule has 0 amide bonds. The summed E-state index contributed by atoms with van der Waals surface area (Å²) in [6.45, 7) is 3.07. The zero-order chi connectivity index (χ0) is 13.5. The van der Waals surface area contributed by atoms with Gasteiger partial charge in [-0.25, -0.2) is 0 Å². The van der Waals surface area contributed by atoms with Crippen LogP contribution in [0.1, 0.15) is 51.9 Å². The minimum atomic E-state index is 0.658. The van der Waals surface area contributed by atoms with Gasteiger partial charge in [-0.1, -0.05) is 51.2 Å². The van der Waals surface area contributed by atoms with Crippen molar-refractivity contribution in [2.45, 2.75) is 58.4 Å². The van der Waals surface area contributed by atoms with E-state index in [1.165, 1.54) is 38.5 Å². The van der Waals surface area contributed by atoms with Crippen molar-refractivity contribution < 1.29 is 4.85 Å². The Morgan fingerprint density at radius 1 is 1.05 bits per heavy atom. The molecular formula is C15H23N3O. The highest BCUT2D eigenvalue weighted by atomic mass is 16.5. The summed E-state index contributed by atoms with van der Waals surface area (Å²) in [4.78, 5) is 0.719. The molecule has 1 aromatic carbocycles. The Morgan fingerprint density at radius 2 is 1.74 bits per heavy atom. The fourth-order valence-electron chi connectivity index (χ4n) is 2.42. The van der Waals surface area contributed by atoms with Crippen LogP contribution < -0.4 is 4.85 Å². The summed E-state index contributed by atoms with van der Waals surface area (Å²) in [6, 6.07) is 7.59. The van der Waals surface area contributed by atoms with E-state index in [0.29, 0.717) is 5.52 Å². The molecule has 4 nitrogen and oxygen atoms in total. The van der Waals surface area contributed by atoms with E-state index in [0.717, 1.165) is 23.3 Å². The van der Waals surface area contributed by atoms with E-state index < -0.39 is 0 Å². The number of aromatic nitrogens is 3. The summed E-state index contributed by atoms with van der Waals surface area (Å²) < 4.78 is 1.83. The van der Waals surface area contributed by atoms with Crippen LogP contribution in [0.2, 0.25) is 0 Å². The molecule has 0 N–H and O–H groups in total. The molecule has 1 aromatic heterocycles. The minimum absolute atomic E-state index is 0.658. The molecule has 0 atom stereocenters.